The van der Waals surface area contributed by atoms with Gasteiger partial charge in [0.05, 0.1) is 33.9 Å². The second-order valence-corrected chi connectivity index (χ2v) is 7.82. The van der Waals surface area contributed by atoms with Crippen LogP contribution in [0, 0.1) is 11.3 Å². The highest BCUT2D eigenvalue weighted by Crippen LogP contribution is 2.21. The lowest BCUT2D eigenvalue weighted by Gasteiger charge is -2.14. The summed E-state index contributed by atoms with van der Waals surface area (Å²) in [5.74, 6) is -0.380. The van der Waals surface area contributed by atoms with Crippen molar-refractivity contribution < 1.29 is 17.9 Å². The molecular formula is C19H19N3O4S. The van der Waals surface area contributed by atoms with E-state index in [-0.39, 0.29) is 33.7 Å². The molecule has 1 heterocycles. The van der Waals surface area contributed by atoms with E-state index in [9.17, 15) is 13.2 Å². The second kappa shape index (κ2) is 8.20. The fourth-order valence-electron chi connectivity index (χ4n) is 2.81. The number of para-hydroxylation sites is 1. The minimum absolute atomic E-state index is 0.00785. The van der Waals surface area contributed by atoms with Crippen LogP contribution in [0.25, 0.3) is 0 Å². The van der Waals surface area contributed by atoms with E-state index in [1.54, 1.807) is 18.2 Å². The number of benzene rings is 2. The smallest absolute Gasteiger partial charge is 0.261 e. The Bertz CT molecular complexity index is 976. The van der Waals surface area contributed by atoms with Gasteiger partial charge in [0.15, 0.2) is 0 Å². The van der Waals surface area contributed by atoms with E-state index < -0.39 is 10.0 Å². The number of rotatable bonds is 6. The standard InChI is InChI=1S/C19H19N3O4S/c20-12-14-5-3-7-16(11-14)27(24,25)22-18-9-2-1-8-17(18)19(23)21-13-15-6-4-10-26-15/h1-3,5,7-9,11,15,22H,4,6,10,13H2,(H,21,23)/t15-/m1/s1. The first kappa shape index (κ1) is 18.9. The summed E-state index contributed by atoms with van der Waals surface area (Å²) >= 11 is 0. The molecule has 1 atom stereocenters. The molecule has 1 aliphatic heterocycles. The summed E-state index contributed by atoms with van der Waals surface area (Å²) in [6.07, 6.45) is 1.86. The van der Waals surface area contributed by atoms with E-state index in [0.717, 1.165) is 12.8 Å². The molecule has 3 rings (SSSR count). The van der Waals surface area contributed by atoms with Crippen LogP contribution in [0.1, 0.15) is 28.8 Å². The molecular weight excluding hydrogens is 366 g/mol. The van der Waals surface area contributed by atoms with E-state index in [4.69, 9.17) is 10.00 Å². The van der Waals surface area contributed by atoms with Gasteiger partial charge in [0.25, 0.3) is 15.9 Å². The fraction of sp³-hybridized carbons (Fsp3) is 0.263. The van der Waals surface area contributed by atoms with Gasteiger partial charge in [0.2, 0.25) is 0 Å². The molecule has 0 aliphatic carbocycles. The maximum absolute atomic E-state index is 12.6. The molecule has 2 aromatic carbocycles. The first-order valence-electron chi connectivity index (χ1n) is 8.51. The van der Waals surface area contributed by atoms with Crippen LogP contribution in [0.15, 0.2) is 53.4 Å². The van der Waals surface area contributed by atoms with Gasteiger partial charge in [-0.15, -0.1) is 0 Å². The summed E-state index contributed by atoms with van der Waals surface area (Å²) in [5.41, 5.74) is 0.626. The SMILES string of the molecule is N#Cc1cccc(S(=O)(=O)Nc2ccccc2C(=O)NC[C@H]2CCCO2)c1. The number of nitrogens with one attached hydrogen (secondary N) is 2. The minimum atomic E-state index is -3.94. The average molecular weight is 385 g/mol. The second-order valence-electron chi connectivity index (χ2n) is 6.14. The fourth-order valence-corrected chi connectivity index (χ4v) is 3.94. The van der Waals surface area contributed by atoms with Crippen LogP contribution < -0.4 is 10.0 Å². The van der Waals surface area contributed by atoms with Crippen LogP contribution in [0.5, 0.6) is 0 Å². The van der Waals surface area contributed by atoms with Crippen molar-refractivity contribution in [3.05, 3.63) is 59.7 Å². The topological polar surface area (TPSA) is 108 Å². The predicted molar refractivity (Wildman–Crippen MR) is 99.7 cm³/mol. The number of carbonyl (C=O) groups excluding carboxylic acids is 1. The molecule has 0 saturated carbocycles. The van der Waals surface area contributed by atoms with E-state index in [1.165, 1.54) is 30.3 Å². The summed E-state index contributed by atoms with van der Waals surface area (Å²) < 4.78 is 33.2. The third-order valence-corrected chi connectivity index (χ3v) is 5.57. The van der Waals surface area contributed by atoms with Crippen LogP contribution in [0.3, 0.4) is 0 Å². The lowest BCUT2D eigenvalue weighted by atomic mass is 10.1. The van der Waals surface area contributed by atoms with Gasteiger partial charge in [-0.3, -0.25) is 9.52 Å². The Morgan fingerprint density at radius 1 is 1.22 bits per heavy atom. The highest BCUT2D eigenvalue weighted by Gasteiger charge is 2.21. The number of anilines is 1. The summed E-state index contributed by atoms with van der Waals surface area (Å²) in [4.78, 5) is 12.5. The van der Waals surface area contributed by atoms with Crippen LogP contribution in [0.2, 0.25) is 0 Å². The summed E-state index contributed by atoms with van der Waals surface area (Å²) in [7, 11) is -3.94. The van der Waals surface area contributed by atoms with Crippen molar-refractivity contribution in [3.63, 3.8) is 0 Å². The van der Waals surface area contributed by atoms with Crippen molar-refractivity contribution in [1.29, 1.82) is 5.26 Å². The van der Waals surface area contributed by atoms with Crippen molar-refractivity contribution in [1.82, 2.24) is 5.32 Å². The van der Waals surface area contributed by atoms with Crippen molar-refractivity contribution in [2.45, 2.75) is 23.8 Å². The van der Waals surface area contributed by atoms with Gasteiger partial charge in [-0.1, -0.05) is 18.2 Å². The number of nitrogens with zero attached hydrogens (tertiary/aromatic N) is 1. The van der Waals surface area contributed by atoms with Gasteiger partial charge >= 0.3 is 0 Å². The molecule has 0 bridgehead atoms. The van der Waals surface area contributed by atoms with Crippen LogP contribution in [0.4, 0.5) is 5.69 Å². The van der Waals surface area contributed by atoms with Gasteiger partial charge in [-0.05, 0) is 43.2 Å². The molecule has 2 aromatic rings. The highest BCUT2D eigenvalue weighted by molar-refractivity contribution is 7.92. The van der Waals surface area contributed by atoms with E-state index in [1.807, 2.05) is 6.07 Å². The van der Waals surface area contributed by atoms with Crippen molar-refractivity contribution >= 4 is 21.6 Å². The Hall–Kier alpha value is -2.89. The number of carbonyl (C=O) groups is 1. The zero-order valence-electron chi connectivity index (χ0n) is 14.5. The number of hydrogen-bond donors (Lipinski definition) is 2. The Morgan fingerprint density at radius 3 is 2.78 bits per heavy atom. The third-order valence-electron chi connectivity index (χ3n) is 4.20. The molecule has 1 aliphatic rings. The number of ether oxygens (including phenoxy) is 1. The quantitative estimate of drug-likeness (QED) is 0.793. The molecule has 8 heteroatoms. The monoisotopic (exact) mass is 385 g/mol. The van der Waals surface area contributed by atoms with Crippen molar-refractivity contribution in [3.8, 4) is 6.07 Å². The zero-order chi connectivity index (χ0) is 19.3. The first-order chi connectivity index (χ1) is 13.0. The maximum atomic E-state index is 12.6. The molecule has 0 aromatic heterocycles. The molecule has 1 fully saturated rings. The Balaban J connectivity index is 1.78. The molecule has 0 spiro atoms. The largest absolute Gasteiger partial charge is 0.376 e. The van der Waals surface area contributed by atoms with Crippen LogP contribution in [-0.2, 0) is 14.8 Å². The molecule has 0 radical (unpaired) electrons. The molecule has 140 valence electrons. The summed E-state index contributed by atoms with van der Waals surface area (Å²) in [5, 5.41) is 11.7. The molecule has 1 saturated heterocycles. The molecule has 0 unspecified atom stereocenters. The Labute approximate surface area is 158 Å². The Morgan fingerprint density at radius 2 is 2.04 bits per heavy atom. The first-order valence-corrected chi connectivity index (χ1v) is 10.00. The minimum Gasteiger partial charge on any atom is -0.376 e. The normalized spacial score (nSPS) is 16.5. The number of amides is 1. The van der Waals surface area contributed by atoms with Gasteiger partial charge in [0, 0.05) is 13.2 Å². The number of hydrogen-bond acceptors (Lipinski definition) is 5. The van der Waals surface area contributed by atoms with Crippen LogP contribution >= 0.6 is 0 Å². The van der Waals surface area contributed by atoms with E-state index in [0.29, 0.717) is 13.2 Å². The van der Waals surface area contributed by atoms with Crippen LogP contribution in [-0.4, -0.2) is 33.6 Å². The molecule has 27 heavy (non-hydrogen) atoms. The maximum Gasteiger partial charge on any atom is 0.261 e. The van der Waals surface area contributed by atoms with Gasteiger partial charge < -0.3 is 10.1 Å². The molecule has 1 amide bonds. The highest BCUT2D eigenvalue weighted by atomic mass is 32.2. The molecule has 2 N–H and O–H groups in total. The average Bonchev–Trinajstić information content (AvgIpc) is 3.20. The lowest BCUT2D eigenvalue weighted by molar-refractivity contribution is 0.0858. The Kier molecular flexibility index (Phi) is 5.74. The van der Waals surface area contributed by atoms with Gasteiger partial charge in [0.1, 0.15) is 0 Å². The van der Waals surface area contributed by atoms with E-state index >= 15 is 0 Å². The molecule has 7 nitrogen and oxygen atoms in total. The number of sulfonamides is 1. The lowest BCUT2D eigenvalue weighted by Crippen LogP contribution is -2.32. The van der Waals surface area contributed by atoms with Gasteiger partial charge in [-0.2, -0.15) is 5.26 Å². The third kappa shape index (κ3) is 4.64. The zero-order valence-corrected chi connectivity index (χ0v) is 15.3. The van der Waals surface area contributed by atoms with E-state index in [2.05, 4.69) is 10.0 Å². The number of nitriles is 1. The van der Waals surface area contributed by atoms with Gasteiger partial charge in [-0.25, -0.2) is 8.42 Å². The summed E-state index contributed by atoms with van der Waals surface area (Å²) in [6, 6.07) is 14.0. The predicted octanol–water partition coefficient (Wildman–Crippen LogP) is 2.27. The summed E-state index contributed by atoms with van der Waals surface area (Å²) in [6.45, 7) is 1.07. The van der Waals surface area contributed by atoms with Crippen molar-refractivity contribution in [2.24, 2.45) is 0 Å². The van der Waals surface area contributed by atoms with Crippen molar-refractivity contribution in [2.75, 3.05) is 17.9 Å².